The second-order valence-corrected chi connectivity index (χ2v) is 5.14. The summed E-state index contributed by atoms with van der Waals surface area (Å²) in [7, 11) is 0. The average molecular weight is 314 g/mol. The highest BCUT2D eigenvalue weighted by atomic mass is 19.1. The number of hydrogen-bond donors (Lipinski definition) is 1. The van der Waals surface area contributed by atoms with Crippen LogP contribution in [0.2, 0.25) is 0 Å². The first-order valence-corrected chi connectivity index (χ1v) is 7.74. The smallest absolute Gasteiger partial charge is 0.227 e. The summed E-state index contributed by atoms with van der Waals surface area (Å²) in [6, 6.07) is 8.44. The van der Waals surface area contributed by atoms with Crippen LogP contribution in [0.25, 0.3) is 5.57 Å². The highest BCUT2D eigenvalue weighted by Gasteiger charge is 2.17. The number of hydrogen-bond acceptors (Lipinski definition) is 4. The van der Waals surface area contributed by atoms with Crippen LogP contribution in [-0.2, 0) is 0 Å². The van der Waals surface area contributed by atoms with Gasteiger partial charge in [-0.05, 0) is 49.7 Å². The normalized spacial score (nSPS) is 14.3. The number of benzene rings is 1. The van der Waals surface area contributed by atoms with E-state index in [0.717, 1.165) is 30.6 Å². The van der Waals surface area contributed by atoms with Gasteiger partial charge < -0.3 is 14.8 Å². The molecule has 3 rings (SSSR count). The van der Waals surface area contributed by atoms with Gasteiger partial charge in [-0.1, -0.05) is 12.1 Å². The Morgan fingerprint density at radius 3 is 2.96 bits per heavy atom. The number of aromatic nitrogens is 1. The summed E-state index contributed by atoms with van der Waals surface area (Å²) < 4.78 is 25.4. The number of rotatable bonds is 5. The van der Waals surface area contributed by atoms with E-state index < -0.39 is 5.82 Å². The van der Waals surface area contributed by atoms with E-state index in [1.54, 1.807) is 18.3 Å². The molecule has 0 fully saturated rings. The molecule has 0 bridgehead atoms. The van der Waals surface area contributed by atoms with Crippen molar-refractivity contribution in [3.05, 3.63) is 54.0 Å². The maximum absolute atomic E-state index is 14.2. The van der Waals surface area contributed by atoms with Gasteiger partial charge in [0.05, 0.1) is 6.61 Å². The highest BCUT2D eigenvalue weighted by molar-refractivity contribution is 5.70. The maximum atomic E-state index is 14.2. The minimum absolute atomic E-state index is 0.0730. The van der Waals surface area contributed by atoms with E-state index in [1.165, 1.54) is 6.07 Å². The van der Waals surface area contributed by atoms with Crippen LogP contribution in [0.4, 0.5) is 4.39 Å². The molecule has 1 N–H and O–H groups in total. The van der Waals surface area contributed by atoms with Gasteiger partial charge in [0.2, 0.25) is 11.6 Å². The van der Waals surface area contributed by atoms with Crippen LogP contribution in [0.5, 0.6) is 17.4 Å². The van der Waals surface area contributed by atoms with Crippen LogP contribution in [0.15, 0.2) is 42.6 Å². The molecule has 1 aromatic heterocycles. The lowest BCUT2D eigenvalue weighted by atomic mass is 10.0. The molecule has 1 aliphatic heterocycles. The van der Waals surface area contributed by atoms with Crippen molar-refractivity contribution in [3.63, 3.8) is 0 Å². The van der Waals surface area contributed by atoms with Crippen molar-refractivity contribution in [2.45, 2.75) is 13.3 Å². The molecule has 2 aromatic rings. The van der Waals surface area contributed by atoms with Crippen molar-refractivity contribution in [2.24, 2.45) is 0 Å². The SMILES string of the molecule is CCOc1cccc(F)c1Oc1ncccc1C1=CCNCC1. The molecule has 120 valence electrons. The summed E-state index contributed by atoms with van der Waals surface area (Å²) in [5.74, 6) is 0.380. The van der Waals surface area contributed by atoms with Gasteiger partial charge in [-0.15, -0.1) is 0 Å². The fraction of sp³-hybridized carbons (Fsp3) is 0.278. The minimum Gasteiger partial charge on any atom is -0.490 e. The summed E-state index contributed by atoms with van der Waals surface area (Å²) in [5, 5.41) is 3.27. The lowest BCUT2D eigenvalue weighted by Crippen LogP contribution is -2.20. The summed E-state index contributed by atoms with van der Waals surface area (Å²) in [6.07, 6.45) is 4.64. The summed E-state index contributed by atoms with van der Waals surface area (Å²) in [5.41, 5.74) is 2.04. The Kier molecular flexibility index (Phi) is 4.88. The van der Waals surface area contributed by atoms with E-state index in [2.05, 4.69) is 16.4 Å². The number of ether oxygens (including phenoxy) is 2. The topological polar surface area (TPSA) is 43.4 Å². The molecule has 0 saturated heterocycles. The highest BCUT2D eigenvalue weighted by Crippen LogP contribution is 2.36. The number of para-hydroxylation sites is 1. The molecule has 0 unspecified atom stereocenters. The van der Waals surface area contributed by atoms with E-state index in [0.29, 0.717) is 18.2 Å². The second kappa shape index (κ2) is 7.24. The standard InChI is InChI=1S/C18H19FN2O2/c1-2-22-16-7-3-6-15(19)17(16)23-18-14(5-4-10-21-18)13-8-11-20-12-9-13/h3-8,10,20H,2,9,11-12H2,1H3. The third-order valence-electron chi connectivity index (χ3n) is 3.61. The van der Waals surface area contributed by atoms with Crippen LogP contribution in [0.3, 0.4) is 0 Å². The lowest BCUT2D eigenvalue weighted by Gasteiger charge is -2.18. The van der Waals surface area contributed by atoms with Crippen LogP contribution < -0.4 is 14.8 Å². The number of nitrogens with zero attached hydrogens (tertiary/aromatic N) is 1. The maximum Gasteiger partial charge on any atom is 0.227 e. The molecule has 0 amide bonds. The monoisotopic (exact) mass is 314 g/mol. The zero-order valence-electron chi connectivity index (χ0n) is 13.0. The molecule has 0 atom stereocenters. The third kappa shape index (κ3) is 3.51. The largest absolute Gasteiger partial charge is 0.490 e. The zero-order chi connectivity index (χ0) is 16.1. The van der Waals surface area contributed by atoms with Gasteiger partial charge in [0.15, 0.2) is 11.6 Å². The fourth-order valence-electron chi connectivity index (χ4n) is 2.54. The van der Waals surface area contributed by atoms with Crippen LogP contribution >= 0.6 is 0 Å². The Morgan fingerprint density at radius 1 is 1.26 bits per heavy atom. The van der Waals surface area contributed by atoms with Crippen LogP contribution in [0, 0.1) is 5.82 Å². The van der Waals surface area contributed by atoms with E-state index in [9.17, 15) is 4.39 Å². The third-order valence-corrected chi connectivity index (χ3v) is 3.61. The van der Waals surface area contributed by atoms with Gasteiger partial charge in [0, 0.05) is 18.3 Å². The van der Waals surface area contributed by atoms with Gasteiger partial charge >= 0.3 is 0 Å². The predicted octanol–water partition coefficient (Wildman–Crippen LogP) is 3.79. The Hall–Kier alpha value is -2.40. The number of nitrogens with one attached hydrogen (secondary N) is 1. The Morgan fingerprint density at radius 2 is 2.17 bits per heavy atom. The van der Waals surface area contributed by atoms with Crippen molar-refractivity contribution in [2.75, 3.05) is 19.7 Å². The van der Waals surface area contributed by atoms with Crippen molar-refractivity contribution >= 4 is 5.57 Å². The summed E-state index contributed by atoms with van der Waals surface area (Å²) in [6.45, 7) is 4.00. The molecule has 23 heavy (non-hydrogen) atoms. The van der Waals surface area contributed by atoms with Crippen LogP contribution in [-0.4, -0.2) is 24.7 Å². The van der Waals surface area contributed by atoms with Gasteiger partial charge in [0.25, 0.3) is 0 Å². The molecule has 0 aliphatic carbocycles. The molecular weight excluding hydrogens is 295 g/mol. The number of halogens is 1. The predicted molar refractivity (Wildman–Crippen MR) is 87.3 cm³/mol. The number of pyridine rings is 1. The average Bonchev–Trinajstić information content (AvgIpc) is 2.59. The molecule has 4 nitrogen and oxygen atoms in total. The molecule has 0 saturated carbocycles. The molecule has 0 spiro atoms. The van der Waals surface area contributed by atoms with E-state index >= 15 is 0 Å². The first-order chi connectivity index (χ1) is 11.3. The summed E-state index contributed by atoms with van der Waals surface area (Å²) in [4.78, 5) is 4.29. The van der Waals surface area contributed by atoms with Gasteiger partial charge in [-0.2, -0.15) is 0 Å². The molecular formula is C18H19FN2O2. The Balaban J connectivity index is 1.97. The van der Waals surface area contributed by atoms with Gasteiger partial charge in [-0.3, -0.25) is 0 Å². The second-order valence-electron chi connectivity index (χ2n) is 5.14. The van der Waals surface area contributed by atoms with E-state index in [1.807, 2.05) is 19.1 Å². The van der Waals surface area contributed by atoms with E-state index in [4.69, 9.17) is 9.47 Å². The quantitative estimate of drug-likeness (QED) is 0.912. The van der Waals surface area contributed by atoms with Crippen LogP contribution in [0.1, 0.15) is 18.9 Å². The molecule has 0 radical (unpaired) electrons. The fourth-order valence-corrected chi connectivity index (χ4v) is 2.54. The first-order valence-electron chi connectivity index (χ1n) is 7.74. The van der Waals surface area contributed by atoms with Crippen molar-refractivity contribution in [1.29, 1.82) is 0 Å². The van der Waals surface area contributed by atoms with Crippen molar-refractivity contribution < 1.29 is 13.9 Å². The first kappa shape index (κ1) is 15.5. The van der Waals surface area contributed by atoms with Crippen molar-refractivity contribution in [3.8, 4) is 17.4 Å². The molecule has 1 aromatic carbocycles. The van der Waals surface area contributed by atoms with Gasteiger partial charge in [-0.25, -0.2) is 9.37 Å². The molecule has 2 heterocycles. The summed E-state index contributed by atoms with van der Waals surface area (Å²) >= 11 is 0. The van der Waals surface area contributed by atoms with Crippen molar-refractivity contribution in [1.82, 2.24) is 10.3 Å². The Bertz CT molecular complexity index is 716. The van der Waals surface area contributed by atoms with E-state index in [-0.39, 0.29) is 5.75 Å². The Labute approximate surface area is 135 Å². The lowest BCUT2D eigenvalue weighted by molar-refractivity contribution is 0.312. The minimum atomic E-state index is -0.466. The molecule has 5 heteroatoms. The van der Waals surface area contributed by atoms with Gasteiger partial charge in [0.1, 0.15) is 0 Å². The molecule has 1 aliphatic rings. The zero-order valence-corrected chi connectivity index (χ0v) is 13.0.